The summed E-state index contributed by atoms with van der Waals surface area (Å²) in [6, 6.07) is 0. The zero-order valence-electron chi connectivity index (χ0n) is 19.1. The zero-order valence-corrected chi connectivity index (χ0v) is 19.1. The van der Waals surface area contributed by atoms with Crippen LogP contribution in [0.4, 0.5) is 0 Å². The molecule has 2 amide bonds. The lowest BCUT2D eigenvalue weighted by Gasteiger charge is -2.00. The van der Waals surface area contributed by atoms with E-state index in [4.69, 9.17) is 11.5 Å². The number of unbranched alkanes of at least 4 members (excludes halogenated alkanes) is 16. The van der Waals surface area contributed by atoms with Gasteiger partial charge in [-0.2, -0.15) is 0 Å². The van der Waals surface area contributed by atoms with Crippen LogP contribution in [-0.4, -0.2) is 11.8 Å². The van der Waals surface area contributed by atoms with Gasteiger partial charge in [0.05, 0.1) is 0 Å². The smallest absolute Gasteiger partial charge is 0.217 e. The largest absolute Gasteiger partial charge is 0.370 e. The highest BCUT2D eigenvalue weighted by atomic mass is 16.1. The molecule has 0 aromatic carbocycles. The summed E-state index contributed by atoms with van der Waals surface area (Å²) in [7, 11) is 0. The van der Waals surface area contributed by atoms with Gasteiger partial charge in [-0.25, -0.2) is 0 Å². The van der Waals surface area contributed by atoms with Crippen molar-refractivity contribution in [3.8, 4) is 0 Å². The second-order valence-corrected chi connectivity index (χ2v) is 8.09. The first-order chi connectivity index (χ1) is 13.5. The van der Waals surface area contributed by atoms with Gasteiger partial charge < -0.3 is 11.5 Å². The number of primary amides is 2. The van der Waals surface area contributed by atoms with E-state index >= 15 is 0 Å². The maximum absolute atomic E-state index is 10.4. The van der Waals surface area contributed by atoms with Gasteiger partial charge in [0, 0.05) is 12.8 Å². The summed E-state index contributed by atoms with van der Waals surface area (Å²) < 4.78 is 0. The van der Waals surface area contributed by atoms with Gasteiger partial charge in [-0.15, -0.1) is 0 Å². The van der Waals surface area contributed by atoms with Crippen LogP contribution in [0.25, 0.3) is 0 Å². The molecular formula is C24H50N2O2. The van der Waals surface area contributed by atoms with Crippen LogP contribution in [0.1, 0.15) is 142 Å². The lowest BCUT2D eigenvalue weighted by Crippen LogP contribution is -2.09. The van der Waals surface area contributed by atoms with Crippen molar-refractivity contribution in [2.45, 2.75) is 142 Å². The Bertz CT molecular complexity index is 301. The lowest BCUT2D eigenvalue weighted by atomic mass is 10.1. The van der Waals surface area contributed by atoms with Crippen molar-refractivity contribution < 1.29 is 9.59 Å². The number of nitrogens with two attached hydrogens (primary N) is 2. The average molecular weight is 399 g/mol. The van der Waals surface area contributed by atoms with Gasteiger partial charge in [-0.1, -0.05) is 117 Å². The van der Waals surface area contributed by atoms with E-state index < -0.39 is 0 Å². The van der Waals surface area contributed by atoms with Crippen molar-refractivity contribution in [2.75, 3.05) is 0 Å². The minimum atomic E-state index is -0.159. The van der Waals surface area contributed by atoms with Crippen LogP contribution in [0.15, 0.2) is 0 Å². The highest BCUT2D eigenvalue weighted by molar-refractivity contribution is 5.73. The maximum Gasteiger partial charge on any atom is 0.217 e. The molecule has 0 aliphatic heterocycles. The Hall–Kier alpha value is -1.06. The van der Waals surface area contributed by atoms with Gasteiger partial charge in [-0.3, -0.25) is 9.59 Å². The van der Waals surface area contributed by atoms with Gasteiger partial charge >= 0.3 is 0 Å². The summed E-state index contributed by atoms with van der Waals surface area (Å²) in [5.74, 6) is -0.319. The molecule has 168 valence electrons. The molecule has 0 aliphatic rings. The predicted molar refractivity (Wildman–Crippen MR) is 122 cm³/mol. The van der Waals surface area contributed by atoms with E-state index in [2.05, 4.69) is 13.8 Å². The van der Waals surface area contributed by atoms with Crippen molar-refractivity contribution in [1.29, 1.82) is 0 Å². The Morgan fingerprint density at radius 1 is 0.429 bits per heavy atom. The molecule has 0 aromatic rings. The van der Waals surface area contributed by atoms with E-state index in [1.54, 1.807) is 0 Å². The number of hydrogen-bond donors (Lipinski definition) is 2. The molecule has 0 radical (unpaired) electrons. The Labute approximate surface area is 175 Å². The van der Waals surface area contributed by atoms with Crippen LogP contribution in [0.2, 0.25) is 0 Å². The molecule has 0 saturated heterocycles. The summed E-state index contributed by atoms with van der Waals surface area (Å²) in [4.78, 5) is 20.9. The highest BCUT2D eigenvalue weighted by Gasteiger charge is 1.95. The fourth-order valence-electron chi connectivity index (χ4n) is 3.22. The number of carbonyl (C=O) groups is 2. The van der Waals surface area contributed by atoms with E-state index in [0.29, 0.717) is 12.8 Å². The van der Waals surface area contributed by atoms with E-state index in [9.17, 15) is 9.59 Å². The minimum absolute atomic E-state index is 0.159. The molecule has 0 aromatic heterocycles. The molecule has 4 heteroatoms. The average Bonchev–Trinajstić information content (AvgIpc) is 2.65. The minimum Gasteiger partial charge on any atom is -0.370 e. The normalized spacial score (nSPS) is 10.4. The highest BCUT2D eigenvalue weighted by Crippen LogP contribution is 2.11. The molecule has 0 fully saturated rings. The van der Waals surface area contributed by atoms with E-state index in [1.807, 2.05) is 0 Å². The predicted octanol–water partition coefficient (Wildman–Crippen LogP) is 6.79. The van der Waals surface area contributed by atoms with Crippen LogP contribution in [-0.2, 0) is 9.59 Å². The Morgan fingerprint density at radius 3 is 0.857 bits per heavy atom. The molecule has 0 heterocycles. The molecular weight excluding hydrogens is 348 g/mol. The molecule has 0 bridgehead atoms. The maximum atomic E-state index is 10.4. The topological polar surface area (TPSA) is 86.2 Å². The molecule has 0 aliphatic carbocycles. The van der Waals surface area contributed by atoms with E-state index in [-0.39, 0.29) is 11.8 Å². The molecule has 4 nitrogen and oxygen atoms in total. The number of rotatable bonds is 20. The molecule has 0 unspecified atom stereocenters. The third kappa shape index (κ3) is 32.6. The lowest BCUT2D eigenvalue weighted by molar-refractivity contribution is -0.119. The fraction of sp³-hybridized carbons (Fsp3) is 0.917. The van der Waals surface area contributed by atoms with Crippen LogP contribution in [0, 0.1) is 0 Å². The summed E-state index contributed by atoms with van der Waals surface area (Å²) in [5, 5.41) is 0. The Kier molecular flexibility index (Phi) is 27.0. The van der Waals surface area contributed by atoms with Crippen molar-refractivity contribution >= 4 is 11.8 Å². The SMILES string of the molecule is CCCCCCCCCCCC(N)=O.CCCCCCCCCCCC(N)=O. The summed E-state index contributed by atoms with van der Waals surface area (Å²) in [5.41, 5.74) is 10.1. The standard InChI is InChI=1S/2C12H25NO/c2*1-2-3-4-5-6-7-8-9-10-11-12(13)14/h2*2-11H2,1H3,(H2,13,14). The van der Waals surface area contributed by atoms with Gasteiger partial charge in [0.1, 0.15) is 0 Å². The van der Waals surface area contributed by atoms with Gasteiger partial charge in [0.2, 0.25) is 11.8 Å². The Morgan fingerprint density at radius 2 is 0.643 bits per heavy atom. The van der Waals surface area contributed by atoms with Gasteiger partial charge in [0.15, 0.2) is 0 Å². The monoisotopic (exact) mass is 398 g/mol. The summed E-state index contributed by atoms with van der Waals surface area (Å²) in [6.45, 7) is 4.48. The fourth-order valence-corrected chi connectivity index (χ4v) is 3.22. The van der Waals surface area contributed by atoms with Gasteiger partial charge in [0.25, 0.3) is 0 Å². The molecule has 0 rings (SSSR count). The van der Waals surface area contributed by atoms with Crippen LogP contribution >= 0.6 is 0 Å². The van der Waals surface area contributed by atoms with Gasteiger partial charge in [-0.05, 0) is 12.8 Å². The quantitative estimate of drug-likeness (QED) is 0.221. The van der Waals surface area contributed by atoms with E-state index in [1.165, 1.54) is 89.9 Å². The molecule has 0 spiro atoms. The van der Waals surface area contributed by atoms with Crippen LogP contribution < -0.4 is 11.5 Å². The number of carbonyl (C=O) groups excluding carboxylic acids is 2. The molecule has 0 atom stereocenters. The number of hydrogen-bond acceptors (Lipinski definition) is 2. The summed E-state index contributed by atoms with van der Waals surface area (Å²) >= 11 is 0. The molecule has 0 saturated carbocycles. The van der Waals surface area contributed by atoms with Crippen molar-refractivity contribution in [2.24, 2.45) is 11.5 Å². The third-order valence-corrected chi connectivity index (χ3v) is 5.05. The summed E-state index contributed by atoms with van der Waals surface area (Å²) in [6.07, 6.45) is 24.2. The first-order valence-electron chi connectivity index (χ1n) is 12.1. The van der Waals surface area contributed by atoms with E-state index in [0.717, 1.165) is 25.7 Å². The van der Waals surface area contributed by atoms with Crippen molar-refractivity contribution in [3.05, 3.63) is 0 Å². The van der Waals surface area contributed by atoms with Crippen molar-refractivity contribution in [1.82, 2.24) is 0 Å². The molecule has 28 heavy (non-hydrogen) atoms. The molecule has 4 N–H and O–H groups in total. The van der Waals surface area contributed by atoms with Crippen LogP contribution in [0.5, 0.6) is 0 Å². The zero-order chi connectivity index (χ0) is 21.3. The van der Waals surface area contributed by atoms with Crippen LogP contribution in [0.3, 0.4) is 0 Å². The second-order valence-electron chi connectivity index (χ2n) is 8.09. The first-order valence-corrected chi connectivity index (χ1v) is 12.1. The third-order valence-electron chi connectivity index (χ3n) is 5.05. The Balaban J connectivity index is 0. The first kappa shape index (κ1) is 29.1. The second kappa shape index (κ2) is 25.9. The number of amides is 2. The van der Waals surface area contributed by atoms with Crippen molar-refractivity contribution in [3.63, 3.8) is 0 Å².